The van der Waals surface area contributed by atoms with E-state index in [2.05, 4.69) is 0 Å². The van der Waals surface area contributed by atoms with Gasteiger partial charge in [-0.1, -0.05) is 6.07 Å². The molecule has 0 unspecified atom stereocenters. The molecular weight excluding hydrogens is 240 g/mol. The molecule has 1 fully saturated rings. The fourth-order valence-electron chi connectivity index (χ4n) is 2.93. The molecule has 2 N–H and O–H groups in total. The molecule has 2 aliphatic rings. The Morgan fingerprint density at radius 1 is 1.37 bits per heavy atom. The quantitative estimate of drug-likeness (QED) is 0.896. The molecule has 1 aromatic rings. The van der Waals surface area contributed by atoms with E-state index in [1.54, 1.807) is 0 Å². The van der Waals surface area contributed by atoms with Crippen LogP contribution in [0.4, 0.5) is 0 Å². The lowest BCUT2D eigenvalue weighted by Crippen LogP contribution is -2.43. The first kappa shape index (κ1) is 12.6. The SMILES string of the molecule is CN(CC1CC(N)C1)C(=O)c1ccc2c(c1)COC2. The second-order valence-corrected chi connectivity index (χ2v) is 5.76. The van der Waals surface area contributed by atoms with Crippen LogP contribution >= 0.6 is 0 Å². The first-order chi connectivity index (χ1) is 9.13. The summed E-state index contributed by atoms with van der Waals surface area (Å²) in [7, 11) is 1.87. The van der Waals surface area contributed by atoms with Crippen LogP contribution in [0.15, 0.2) is 18.2 Å². The van der Waals surface area contributed by atoms with Crippen molar-refractivity contribution in [2.75, 3.05) is 13.6 Å². The van der Waals surface area contributed by atoms with Crippen molar-refractivity contribution in [1.82, 2.24) is 4.90 Å². The summed E-state index contributed by atoms with van der Waals surface area (Å²) < 4.78 is 5.37. The number of nitrogens with two attached hydrogens (primary N) is 1. The van der Waals surface area contributed by atoms with E-state index in [9.17, 15) is 4.79 Å². The fraction of sp³-hybridized carbons (Fsp3) is 0.533. The van der Waals surface area contributed by atoms with Gasteiger partial charge in [-0.3, -0.25) is 4.79 Å². The predicted octanol–water partition coefficient (Wildman–Crippen LogP) is 1.53. The standard InChI is InChI=1S/C15H20N2O2/c1-17(7-10-4-14(16)5-10)15(18)11-2-3-12-8-19-9-13(12)6-11/h2-3,6,10,14H,4-5,7-9,16H2,1H3. The number of rotatable bonds is 3. The average Bonchev–Trinajstić information content (AvgIpc) is 2.83. The Hall–Kier alpha value is -1.39. The van der Waals surface area contributed by atoms with Crippen molar-refractivity contribution in [2.24, 2.45) is 11.7 Å². The molecule has 0 atom stereocenters. The smallest absolute Gasteiger partial charge is 0.253 e. The van der Waals surface area contributed by atoms with Crippen LogP contribution in [0, 0.1) is 5.92 Å². The van der Waals surface area contributed by atoms with Gasteiger partial charge in [0, 0.05) is 25.2 Å². The van der Waals surface area contributed by atoms with Gasteiger partial charge in [0.2, 0.25) is 0 Å². The molecule has 4 nitrogen and oxygen atoms in total. The molecular formula is C15H20N2O2. The van der Waals surface area contributed by atoms with Crippen molar-refractivity contribution in [3.05, 3.63) is 34.9 Å². The van der Waals surface area contributed by atoms with Crippen LogP contribution in [0.2, 0.25) is 0 Å². The van der Waals surface area contributed by atoms with Crippen molar-refractivity contribution in [2.45, 2.75) is 32.1 Å². The molecule has 1 amide bonds. The number of nitrogens with zero attached hydrogens (tertiary/aromatic N) is 1. The van der Waals surface area contributed by atoms with Crippen LogP contribution in [-0.2, 0) is 18.0 Å². The van der Waals surface area contributed by atoms with E-state index in [0.29, 0.717) is 25.2 Å². The monoisotopic (exact) mass is 260 g/mol. The number of ether oxygens (including phenoxy) is 1. The number of benzene rings is 1. The zero-order valence-electron chi connectivity index (χ0n) is 11.3. The molecule has 0 bridgehead atoms. The van der Waals surface area contributed by atoms with Gasteiger partial charge in [0.1, 0.15) is 0 Å². The highest BCUT2D eigenvalue weighted by molar-refractivity contribution is 5.94. The summed E-state index contributed by atoms with van der Waals surface area (Å²) >= 11 is 0. The highest BCUT2D eigenvalue weighted by Gasteiger charge is 2.28. The molecule has 1 aliphatic carbocycles. The van der Waals surface area contributed by atoms with Crippen molar-refractivity contribution in [1.29, 1.82) is 0 Å². The van der Waals surface area contributed by atoms with Crippen LogP contribution in [0.3, 0.4) is 0 Å². The summed E-state index contributed by atoms with van der Waals surface area (Å²) in [4.78, 5) is 14.2. The maximum Gasteiger partial charge on any atom is 0.253 e. The van der Waals surface area contributed by atoms with E-state index in [1.165, 1.54) is 5.56 Å². The lowest BCUT2D eigenvalue weighted by Gasteiger charge is -2.35. The highest BCUT2D eigenvalue weighted by atomic mass is 16.5. The molecule has 1 saturated carbocycles. The number of carbonyl (C=O) groups is 1. The molecule has 19 heavy (non-hydrogen) atoms. The Morgan fingerprint density at radius 3 is 2.84 bits per heavy atom. The Labute approximate surface area is 113 Å². The second-order valence-electron chi connectivity index (χ2n) is 5.76. The van der Waals surface area contributed by atoms with Gasteiger partial charge in [0.05, 0.1) is 13.2 Å². The van der Waals surface area contributed by atoms with Gasteiger partial charge in [-0.2, -0.15) is 0 Å². The van der Waals surface area contributed by atoms with Crippen LogP contribution < -0.4 is 5.73 Å². The molecule has 0 radical (unpaired) electrons. The van der Waals surface area contributed by atoms with Gasteiger partial charge in [0.25, 0.3) is 5.91 Å². The molecule has 0 aromatic heterocycles. The zero-order valence-corrected chi connectivity index (χ0v) is 11.3. The topological polar surface area (TPSA) is 55.6 Å². The minimum atomic E-state index is 0.0928. The molecule has 0 saturated heterocycles. The summed E-state index contributed by atoms with van der Waals surface area (Å²) in [5.41, 5.74) is 8.88. The first-order valence-electron chi connectivity index (χ1n) is 6.84. The molecule has 1 aliphatic heterocycles. The summed E-state index contributed by atoms with van der Waals surface area (Å²) in [6.45, 7) is 2.09. The molecule has 3 rings (SSSR count). The first-order valence-corrected chi connectivity index (χ1v) is 6.84. The van der Waals surface area contributed by atoms with Gasteiger partial charge in [-0.15, -0.1) is 0 Å². The maximum absolute atomic E-state index is 12.4. The number of carbonyl (C=O) groups excluding carboxylic acids is 1. The average molecular weight is 260 g/mol. The minimum absolute atomic E-state index is 0.0928. The molecule has 1 heterocycles. The van der Waals surface area contributed by atoms with E-state index >= 15 is 0 Å². The van der Waals surface area contributed by atoms with Crippen LogP contribution in [0.25, 0.3) is 0 Å². The predicted molar refractivity (Wildman–Crippen MR) is 72.6 cm³/mol. The van der Waals surface area contributed by atoms with E-state index < -0.39 is 0 Å². The number of fused-ring (bicyclic) bond motifs is 1. The second kappa shape index (κ2) is 4.94. The zero-order chi connectivity index (χ0) is 13.4. The molecule has 102 valence electrons. The molecule has 0 spiro atoms. The Kier molecular flexibility index (Phi) is 3.29. The third kappa shape index (κ3) is 2.51. The maximum atomic E-state index is 12.4. The van der Waals surface area contributed by atoms with Gasteiger partial charge in [-0.25, -0.2) is 0 Å². The largest absolute Gasteiger partial charge is 0.372 e. The van der Waals surface area contributed by atoms with Gasteiger partial charge in [0.15, 0.2) is 0 Å². The van der Waals surface area contributed by atoms with Crippen LogP contribution in [0.5, 0.6) is 0 Å². The molecule has 1 aromatic carbocycles. The Bertz CT molecular complexity index is 495. The number of hydrogen-bond acceptors (Lipinski definition) is 3. The van der Waals surface area contributed by atoms with Gasteiger partial charge >= 0.3 is 0 Å². The summed E-state index contributed by atoms with van der Waals surface area (Å²) in [6.07, 6.45) is 2.07. The van der Waals surface area contributed by atoms with Gasteiger partial charge in [-0.05, 0) is 42.0 Å². The third-order valence-corrected chi connectivity index (χ3v) is 4.12. The van der Waals surface area contributed by atoms with E-state index in [-0.39, 0.29) is 5.91 Å². The lowest BCUT2D eigenvalue weighted by atomic mass is 9.80. The van der Waals surface area contributed by atoms with Crippen molar-refractivity contribution >= 4 is 5.91 Å². The minimum Gasteiger partial charge on any atom is -0.372 e. The van der Waals surface area contributed by atoms with Crippen molar-refractivity contribution in [3.8, 4) is 0 Å². The van der Waals surface area contributed by atoms with E-state index in [0.717, 1.165) is 30.5 Å². The fourth-order valence-corrected chi connectivity index (χ4v) is 2.93. The highest BCUT2D eigenvalue weighted by Crippen LogP contribution is 2.27. The summed E-state index contributed by atoms with van der Waals surface area (Å²) in [6, 6.07) is 6.21. The van der Waals surface area contributed by atoms with Gasteiger partial charge < -0.3 is 15.4 Å². The van der Waals surface area contributed by atoms with Crippen LogP contribution in [-0.4, -0.2) is 30.4 Å². The number of hydrogen-bond donors (Lipinski definition) is 1. The van der Waals surface area contributed by atoms with Crippen LogP contribution in [0.1, 0.15) is 34.3 Å². The summed E-state index contributed by atoms with van der Waals surface area (Å²) in [5.74, 6) is 0.664. The lowest BCUT2D eigenvalue weighted by molar-refractivity contribution is 0.0734. The number of amides is 1. The molecule has 4 heteroatoms. The van der Waals surface area contributed by atoms with E-state index in [1.807, 2.05) is 30.1 Å². The Balaban J connectivity index is 1.66. The third-order valence-electron chi connectivity index (χ3n) is 4.12. The normalized spacial score (nSPS) is 24.7. The summed E-state index contributed by atoms with van der Waals surface area (Å²) in [5, 5.41) is 0. The van der Waals surface area contributed by atoms with Crippen molar-refractivity contribution in [3.63, 3.8) is 0 Å². The van der Waals surface area contributed by atoms with Crippen molar-refractivity contribution < 1.29 is 9.53 Å². The van der Waals surface area contributed by atoms with E-state index in [4.69, 9.17) is 10.5 Å². The Morgan fingerprint density at radius 2 is 2.11 bits per heavy atom.